The number of hydrogen-bond donors (Lipinski definition) is 2. The summed E-state index contributed by atoms with van der Waals surface area (Å²) >= 11 is 0. The number of fused-ring (bicyclic) bond motifs is 1. The molecule has 0 aliphatic carbocycles. The highest BCUT2D eigenvalue weighted by Gasteiger charge is 2.16. The largest absolute Gasteiger partial charge is 0.493 e. The third kappa shape index (κ3) is 4.97. The molecule has 1 atom stereocenters. The van der Waals surface area contributed by atoms with Crippen LogP contribution in [0.3, 0.4) is 0 Å². The number of ether oxygens (including phenoxy) is 3. The van der Waals surface area contributed by atoms with Crippen LogP contribution in [0.15, 0.2) is 21.7 Å². The van der Waals surface area contributed by atoms with E-state index in [0.29, 0.717) is 48.2 Å². The summed E-state index contributed by atoms with van der Waals surface area (Å²) in [6.07, 6.45) is 3.59. The van der Waals surface area contributed by atoms with Crippen molar-refractivity contribution < 1.29 is 19.0 Å². The van der Waals surface area contributed by atoms with E-state index in [2.05, 4.69) is 10.3 Å². The number of nitrogens with zero attached hydrogens (tertiary/aromatic N) is 1. The van der Waals surface area contributed by atoms with Gasteiger partial charge in [-0.2, -0.15) is 0 Å². The zero-order chi connectivity index (χ0) is 20.8. The fourth-order valence-corrected chi connectivity index (χ4v) is 3.46. The van der Waals surface area contributed by atoms with E-state index in [9.17, 15) is 14.4 Å². The van der Waals surface area contributed by atoms with Crippen LogP contribution in [0.1, 0.15) is 32.1 Å². The first-order chi connectivity index (χ1) is 14.0. The maximum atomic E-state index is 12.7. The minimum absolute atomic E-state index is 0.0444. The van der Waals surface area contributed by atoms with Crippen LogP contribution in [0, 0.1) is 0 Å². The van der Waals surface area contributed by atoms with E-state index >= 15 is 0 Å². The number of hydrogen-bond acceptors (Lipinski definition) is 6. The predicted molar refractivity (Wildman–Crippen MR) is 108 cm³/mol. The van der Waals surface area contributed by atoms with E-state index in [0.717, 1.165) is 24.0 Å². The molecule has 2 heterocycles. The molecule has 1 aromatic carbocycles. The number of rotatable bonds is 9. The Morgan fingerprint density at radius 1 is 1.24 bits per heavy atom. The molecule has 2 N–H and O–H groups in total. The van der Waals surface area contributed by atoms with Crippen molar-refractivity contribution in [3.05, 3.63) is 33.0 Å². The van der Waals surface area contributed by atoms with Gasteiger partial charge in [-0.3, -0.25) is 14.2 Å². The van der Waals surface area contributed by atoms with Crippen LogP contribution in [-0.4, -0.2) is 48.9 Å². The van der Waals surface area contributed by atoms with Crippen molar-refractivity contribution in [3.8, 4) is 11.5 Å². The summed E-state index contributed by atoms with van der Waals surface area (Å²) in [6.45, 7) is 1.53. The smallest absolute Gasteiger partial charge is 0.328 e. The molecule has 1 aromatic heterocycles. The van der Waals surface area contributed by atoms with E-state index in [-0.39, 0.29) is 18.6 Å². The van der Waals surface area contributed by atoms with Gasteiger partial charge >= 0.3 is 5.69 Å². The molecule has 3 rings (SSSR count). The Hall–Kier alpha value is -2.81. The zero-order valence-electron chi connectivity index (χ0n) is 16.8. The third-order valence-electron chi connectivity index (χ3n) is 5.07. The summed E-state index contributed by atoms with van der Waals surface area (Å²) in [5.74, 6) is 0.803. The minimum atomic E-state index is -0.488. The molecule has 1 saturated heterocycles. The number of nitrogens with one attached hydrogen (secondary N) is 2. The molecule has 9 heteroatoms. The first-order valence-electron chi connectivity index (χ1n) is 9.80. The zero-order valence-corrected chi connectivity index (χ0v) is 16.8. The second kappa shape index (κ2) is 9.60. The van der Waals surface area contributed by atoms with Crippen LogP contribution in [-0.2, 0) is 16.1 Å². The molecule has 0 spiro atoms. The van der Waals surface area contributed by atoms with Gasteiger partial charge in [0.25, 0.3) is 5.56 Å². The Labute approximate surface area is 168 Å². The Balaban J connectivity index is 1.60. The summed E-state index contributed by atoms with van der Waals surface area (Å²) in [5, 5.41) is 3.21. The number of unbranched alkanes of at least 4 members (excludes halogenated alkanes) is 1. The van der Waals surface area contributed by atoms with Crippen molar-refractivity contribution in [2.75, 3.05) is 27.4 Å². The lowest BCUT2D eigenvalue weighted by atomic mass is 10.2. The van der Waals surface area contributed by atoms with Crippen LogP contribution in [0.25, 0.3) is 10.9 Å². The SMILES string of the molecule is COc1cc2[nH]c(=O)n(CCCCC(=O)NC[C@@H]3CCCO3)c(=O)c2cc1OC. The fraction of sp³-hybridized carbons (Fsp3) is 0.550. The molecule has 0 bridgehead atoms. The van der Waals surface area contributed by atoms with Crippen LogP contribution >= 0.6 is 0 Å². The van der Waals surface area contributed by atoms with Crippen molar-refractivity contribution in [2.45, 2.75) is 44.8 Å². The fourth-order valence-electron chi connectivity index (χ4n) is 3.46. The Bertz CT molecular complexity index is 975. The first kappa shape index (κ1) is 20.9. The van der Waals surface area contributed by atoms with Crippen LogP contribution in [0.4, 0.5) is 0 Å². The molecule has 29 heavy (non-hydrogen) atoms. The molecular formula is C20H27N3O6. The molecule has 0 unspecified atom stereocenters. The Morgan fingerprint density at radius 3 is 2.69 bits per heavy atom. The molecule has 0 radical (unpaired) electrons. The first-order valence-corrected chi connectivity index (χ1v) is 9.80. The third-order valence-corrected chi connectivity index (χ3v) is 5.07. The van der Waals surface area contributed by atoms with Gasteiger partial charge in [-0.15, -0.1) is 0 Å². The Morgan fingerprint density at radius 2 is 2.00 bits per heavy atom. The molecule has 2 aromatic rings. The highest BCUT2D eigenvalue weighted by atomic mass is 16.5. The molecule has 158 valence electrons. The Kier molecular flexibility index (Phi) is 6.92. The van der Waals surface area contributed by atoms with Crippen LogP contribution in [0.5, 0.6) is 11.5 Å². The van der Waals surface area contributed by atoms with Crippen LogP contribution < -0.4 is 26.0 Å². The van der Waals surface area contributed by atoms with Gasteiger partial charge in [-0.05, 0) is 31.7 Å². The lowest BCUT2D eigenvalue weighted by Crippen LogP contribution is -2.35. The summed E-state index contributed by atoms with van der Waals surface area (Å²) in [6, 6.07) is 3.13. The second-order valence-corrected chi connectivity index (χ2v) is 7.04. The van der Waals surface area contributed by atoms with Crippen molar-refractivity contribution in [3.63, 3.8) is 0 Å². The number of amides is 1. The number of aromatic amines is 1. The summed E-state index contributed by atoms with van der Waals surface area (Å²) < 4.78 is 17.1. The summed E-state index contributed by atoms with van der Waals surface area (Å²) in [5.41, 5.74) is -0.493. The number of benzene rings is 1. The monoisotopic (exact) mass is 405 g/mol. The molecule has 0 saturated carbocycles. The van der Waals surface area contributed by atoms with E-state index in [1.807, 2.05) is 0 Å². The van der Waals surface area contributed by atoms with E-state index < -0.39 is 11.2 Å². The quantitative estimate of drug-likeness (QED) is 0.606. The van der Waals surface area contributed by atoms with Gasteiger partial charge in [0.05, 0.1) is 31.2 Å². The average Bonchev–Trinajstić information content (AvgIpc) is 3.24. The number of H-pyrrole nitrogens is 1. The van der Waals surface area contributed by atoms with Gasteiger partial charge in [0.2, 0.25) is 5.91 Å². The van der Waals surface area contributed by atoms with E-state index in [1.165, 1.54) is 14.2 Å². The second-order valence-electron chi connectivity index (χ2n) is 7.04. The van der Waals surface area contributed by atoms with Crippen molar-refractivity contribution in [2.24, 2.45) is 0 Å². The van der Waals surface area contributed by atoms with Gasteiger partial charge < -0.3 is 24.5 Å². The summed E-state index contributed by atoms with van der Waals surface area (Å²) in [4.78, 5) is 39.7. The van der Waals surface area contributed by atoms with Crippen molar-refractivity contribution >= 4 is 16.8 Å². The number of carbonyl (C=O) groups excluding carboxylic acids is 1. The van der Waals surface area contributed by atoms with Gasteiger partial charge in [0.15, 0.2) is 11.5 Å². The van der Waals surface area contributed by atoms with Gasteiger partial charge in [-0.1, -0.05) is 0 Å². The molecular weight excluding hydrogens is 378 g/mol. The highest BCUT2D eigenvalue weighted by molar-refractivity contribution is 5.81. The van der Waals surface area contributed by atoms with E-state index in [4.69, 9.17) is 14.2 Å². The predicted octanol–water partition coefficient (Wildman–Crippen LogP) is 1.17. The minimum Gasteiger partial charge on any atom is -0.493 e. The number of aromatic nitrogens is 2. The van der Waals surface area contributed by atoms with Gasteiger partial charge in [0.1, 0.15) is 0 Å². The topological polar surface area (TPSA) is 112 Å². The standard InChI is InChI=1S/C20H27N3O6/c1-27-16-10-14-15(11-17(16)28-2)22-20(26)23(19(14)25)8-4-3-7-18(24)21-12-13-6-5-9-29-13/h10-11,13H,3-9,12H2,1-2H3,(H,21,24)(H,22,26)/t13-/m0/s1. The molecule has 9 nitrogen and oxygen atoms in total. The van der Waals surface area contributed by atoms with Crippen molar-refractivity contribution in [1.82, 2.24) is 14.9 Å². The van der Waals surface area contributed by atoms with E-state index in [1.54, 1.807) is 12.1 Å². The molecule has 1 amide bonds. The normalized spacial score (nSPS) is 16.1. The lowest BCUT2D eigenvalue weighted by molar-refractivity contribution is -0.121. The molecule has 1 aliphatic heterocycles. The number of methoxy groups -OCH3 is 2. The van der Waals surface area contributed by atoms with Crippen molar-refractivity contribution in [1.29, 1.82) is 0 Å². The average molecular weight is 405 g/mol. The molecule has 1 aliphatic rings. The maximum absolute atomic E-state index is 12.7. The highest BCUT2D eigenvalue weighted by Crippen LogP contribution is 2.29. The molecule has 1 fully saturated rings. The van der Waals surface area contributed by atoms with Gasteiger partial charge in [0, 0.05) is 32.2 Å². The lowest BCUT2D eigenvalue weighted by Gasteiger charge is -2.11. The number of carbonyl (C=O) groups is 1. The van der Waals surface area contributed by atoms with Crippen LogP contribution in [0.2, 0.25) is 0 Å². The maximum Gasteiger partial charge on any atom is 0.328 e. The van der Waals surface area contributed by atoms with Gasteiger partial charge in [-0.25, -0.2) is 4.79 Å². The summed E-state index contributed by atoms with van der Waals surface area (Å²) in [7, 11) is 2.97.